The van der Waals surface area contributed by atoms with E-state index < -0.39 is 0 Å². The molecular formula is C20H32Cl2FN3O. The molecule has 2 fully saturated rings. The monoisotopic (exact) mass is 419 g/mol. The van der Waals surface area contributed by atoms with Crippen molar-refractivity contribution in [2.45, 2.75) is 38.6 Å². The maximum atomic E-state index is 13.0. The summed E-state index contributed by atoms with van der Waals surface area (Å²) >= 11 is 0. The summed E-state index contributed by atoms with van der Waals surface area (Å²) in [4.78, 5) is 17.0. The Morgan fingerprint density at radius 2 is 1.74 bits per heavy atom. The lowest BCUT2D eigenvalue weighted by atomic mass is 9.93. The van der Waals surface area contributed by atoms with E-state index in [2.05, 4.69) is 10.2 Å². The molecule has 2 heterocycles. The molecule has 0 spiro atoms. The Kier molecular flexibility index (Phi) is 11.2. The summed E-state index contributed by atoms with van der Waals surface area (Å²) in [6.07, 6.45) is 5.16. The van der Waals surface area contributed by atoms with Crippen LogP contribution in [0.25, 0.3) is 0 Å². The van der Waals surface area contributed by atoms with Gasteiger partial charge in [0.05, 0.1) is 0 Å². The first-order valence-corrected chi connectivity index (χ1v) is 9.66. The van der Waals surface area contributed by atoms with Gasteiger partial charge in [-0.05, 0) is 62.4 Å². The lowest BCUT2D eigenvalue weighted by molar-refractivity contribution is -0.131. The minimum absolute atomic E-state index is 0. The largest absolute Gasteiger partial charge is 0.341 e. The summed E-state index contributed by atoms with van der Waals surface area (Å²) in [6.45, 7) is 6.60. The van der Waals surface area contributed by atoms with Crippen molar-refractivity contribution in [3.63, 3.8) is 0 Å². The summed E-state index contributed by atoms with van der Waals surface area (Å²) in [5.74, 6) is 0.847. The van der Waals surface area contributed by atoms with Crippen LogP contribution in [0.1, 0.15) is 37.7 Å². The van der Waals surface area contributed by atoms with Gasteiger partial charge in [0, 0.05) is 39.1 Å². The van der Waals surface area contributed by atoms with E-state index >= 15 is 0 Å². The fourth-order valence-corrected chi connectivity index (χ4v) is 3.88. The molecule has 1 N–H and O–H groups in total. The van der Waals surface area contributed by atoms with Crippen molar-refractivity contribution in [1.29, 1.82) is 0 Å². The van der Waals surface area contributed by atoms with Crippen LogP contribution in [0.2, 0.25) is 0 Å². The van der Waals surface area contributed by atoms with Crippen molar-refractivity contribution in [3.05, 3.63) is 35.6 Å². The number of halogens is 3. The van der Waals surface area contributed by atoms with Crippen molar-refractivity contribution < 1.29 is 9.18 Å². The molecule has 1 aromatic carbocycles. The van der Waals surface area contributed by atoms with Gasteiger partial charge in [-0.3, -0.25) is 9.69 Å². The van der Waals surface area contributed by atoms with E-state index in [9.17, 15) is 9.18 Å². The fraction of sp³-hybridized carbons (Fsp3) is 0.650. The smallest absolute Gasteiger partial charge is 0.222 e. The van der Waals surface area contributed by atoms with Gasteiger partial charge in [-0.1, -0.05) is 12.1 Å². The molecule has 1 aromatic rings. The van der Waals surface area contributed by atoms with E-state index in [-0.39, 0.29) is 30.6 Å². The molecule has 0 atom stereocenters. The van der Waals surface area contributed by atoms with Crippen LogP contribution in [0.4, 0.5) is 4.39 Å². The molecule has 4 nitrogen and oxygen atoms in total. The van der Waals surface area contributed by atoms with Crippen LogP contribution < -0.4 is 5.32 Å². The van der Waals surface area contributed by atoms with Gasteiger partial charge < -0.3 is 10.2 Å². The van der Waals surface area contributed by atoms with Crippen LogP contribution in [0.3, 0.4) is 0 Å². The molecule has 2 aliphatic rings. The zero-order chi connectivity index (χ0) is 17.5. The third-order valence-corrected chi connectivity index (χ3v) is 5.49. The van der Waals surface area contributed by atoms with Crippen molar-refractivity contribution in [2.24, 2.45) is 5.92 Å². The van der Waals surface area contributed by atoms with Gasteiger partial charge in [0.1, 0.15) is 5.82 Å². The molecule has 27 heavy (non-hydrogen) atoms. The Bertz CT molecular complexity index is 553. The van der Waals surface area contributed by atoms with Gasteiger partial charge in [0.2, 0.25) is 5.91 Å². The summed E-state index contributed by atoms with van der Waals surface area (Å²) < 4.78 is 13.0. The first kappa shape index (κ1) is 24.2. The van der Waals surface area contributed by atoms with Gasteiger partial charge in [0.25, 0.3) is 0 Å². The number of nitrogens with one attached hydrogen (secondary N) is 1. The second kappa shape index (κ2) is 12.6. The minimum Gasteiger partial charge on any atom is -0.341 e. The Balaban J connectivity index is 0.00000182. The molecule has 3 rings (SSSR count). The molecule has 1 amide bonds. The van der Waals surface area contributed by atoms with Crippen molar-refractivity contribution in [3.8, 4) is 0 Å². The molecule has 154 valence electrons. The highest BCUT2D eigenvalue weighted by atomic mass is 35.5. The van der Waals surface area contributed by atoms with Crippen molar-refractivity contribution in [1.82, 2.24) is 15.1 Å². The maximum absolute atomic E-state index is 13.0. The van der Waals surface area contributed by atoms with Crippen LogP contribution in [0.5, 0.6) is 0 Å². The Morgan fingerprint density at radius 3 is 2.44 bits per heavy atom. The van der Waals surface area contributed by atoms with Crippen LogP contribution in [-0.4, -0.2) is 55.0 Å². The first-order chi connectivity index (χ1) is 12.2. The number of amides is 1. The SMILES string of the molecule is Cl.Cl.O=C(CCC1CCNCC1)N1CCCN(Cc2ccc(F)cc2)CC1. The van der Waals surface area contributed by atoms with Gasteiger partial charge in [-0.25, -0.2) is 4.39 Å². The number of nitrogens with zero attached hydrogens (tertiary/aromatic N) is 2. The molecule has 0 aromatic heterocycles. The normalized spacial score (nSPS) is 18.9. The summed E-state index contributed by atoms with van der Waals surface area (Å²) in [7, 11) is 0. The highest BCUT2D eigenvalue weighted by Crippen LogP contribution is 2.19. The van der Waals surface area contributed by atoms with E-state index in [1.54, 1.807) is 0 Å². The number of carbonyl (C=O) groups is 1. The minimum atomic E-state index is -0.190. The third kappa shape index (κ3) is 7.94. The van der Waals surface area contributed by atoms with E-state index in [4.69, 9.17) is 0 Å². The lowest BCUT2D eigenvalue weighted by Crippen LogP contribution is -2.35. The molecule has 0 aliphatic carbocycles. The first-order valence-electron chi connectivity index (χ1n) is 9.66. The van der Waals surface area contributed by atoms with Gasteiger partial charge in [0.15, 0.2) is 0 Å². The number of benzene rings is 1. The van der Waals surface area contributed by atoms with Crippen molar-refractivity contribution in [2.75, 3.05) is 39.3 Å². The number of hydrogen-bond acceptors (Lipinski definition) is 3. The predicted octanol–water partition coefficient (Wildman–Crippen LogP) is 3.48. The van der Waals surface area contributed by atoms with E-state index in [1.807, 2.05) is 17.0 Å². The number of piperidine rings is 1. The zero-order valence-corrected chi connectivity index (χ0v) is 17.5. The average molecular weight is 420 g/mol. The number of rotatable bonds is 5. The molecule has 0 saturated carbocycles. The molecule has 0 radical (unpaired) electrons. The molecule has 2 aliphatic heterocycles. The molecule has 7 heteroatoms. The lowest BCUT2D eigenvalue weighted by Gasteiger charge is -2.25. The number of carbonyl (C=O) groups excluding carboxylic acids is 1. The third-order valence-electron chi connectivity index (χ3n) is 5.49. The van der Waals surface area contributed by atoms with Crippen LogP contribution in [0.15, 0.2) is 24.3 Å². The van der Waals surface area contributed by atoms with Crippen LogP contribution in [0, 0.1) is 11.7 Å². The van der Waals surface area contributed by atoms with Crippen LogP contribution in [-0.2, 0) is 11.3 Å². The van der Waals surface area contributed by atoms with E-state index in [0.717, 1.165) is 64.2 Å². The highest BCUT2D eigenvalue weighted by molar-refractivity contribution is 5.85. The number of hydrogen-bond donors (Lipinski definition) is 1. The second-order valence-electron chi connectivity index (χ2n) is 7.37. The Morgan fingerprint density at radius 1 is 1.04 bits per heavy atom. The van der Waals surface area contributed by atoms with E-state index in [0.29, 0.717) is 18.2 Å². The second-order valence-corrected chi connectivity index (χ2v) is 7.37. The summed E-state index contributed by atoms with van der Waals surface area (Å²) in [5.41, 5.74) is 1.13. The van der Waals surface area contributed by atoms with Crippen molar-refractivity contribution >= 4 is 30.7 Å². The zero-order valence-electron chi connectivity index (χ0n) is 15.9. The van der Waals surface area contributed by atoms with Gasteiger partial charge in [-0.2, -0.15) is 0 Å². The summed E-state index contributed by atoms with van der Waals surface area (Å²) in [6, 6.07) is 6.73. The Labute approximate surface area is 174 Å². The van der Waals surface area contributed by atoms with Gasteiger partial charge in [-0.15, -0.1) is 24.8 Å². The quantitative estimate of drug-likeness (QED) is 0.793. The van der Waals surface area contributed by atoms with Crippen LogP contribution >= 0.6 is 24.8 Å². The molecule has 2 saturated heterocycles. The Hall–Kier alpha value is -0.880. The average Bonchev–Trinajstić information content (AvgIpc) is 2.88. The van der Waals surface area contributed by atoms with Gasteiger partial charge >= 0.3 is 0 Å². The molecular weight excluding hydrogens is 388 g/mol. The fourth-order valence-electron chi connectivity index (χ4n) is 3.88. The highest BCUT2D eigenvalue weighted by Gasteiger charge is 2.21. The topological polar surface area (TPSA) is 35.6 Å². The predicted molar refractivity (Wildman–Crippen MR) is 112 cm³/mol. The summed E-state index contributed by atoms with van der Waals surface area (Å²) in [5, 5.41) is 3.38. The standard InChI is InChI=1S/C20H30FN3O.2ClH/c21-19-5-2-18(3-6-19)16-23-12-1-13-24(15-14-23)20(25)7-4-17-8-10-22-11-9-17;;/h2-3,5-6,17,22H,1,4,7-16H2;2*1H. The molecule has 0 bridgehead atoms. The molecule has 0 unspecified atom stereocenters. The maximum Gasteiger partial charge on any atom is 0.222 e. The van der Waals surface area contributed by atoms with E-state index in [1.165, 1.54) is 25.0 Å².